The van der Waals surface area contributed by atoms with Gasteiger partial charge in [0.15, 0.2) is 0 Å². The number of carbonyl (C=O) groups excluding carboxylic acids is 3. The van der Waals surface area contributed by atoms with Crippen LogP contribution in [0.15, 0.2) is 48.5 Å². The van der Waals surface area contributed by atoms with E-state index in [2.05, 4.69) is 5.32 Å². The summed E-state index contributed by atoms with van der Waals surface area (Å²) in [5.41, 5.74) is 1.62. The first-order chi connectivity index (χ1) is 14.9. The van der Waals surface area contributed by atoms with Crippen LogP contribution in [0, 0.1) is 5.82 Å². The van der Waals surface area contributed by atoms with Gasteiger partial charge < -0.3 is 15.0 Å². The highest BCUT2D eigenvalue weighted by atomic mass is 19.1. The minimum absolute atomic E-state index is 0.0306. The molecule has 1 aliphatic heterocycles. The van der Waals surface area contributed by atoms with Crippen molar-refractivity contribution in [1.82, 2.24) is 15.1 Å². The number of urea groups is 1. The van der Waals surface area contributed by atoms with Crippen molar-refractivity contribution < 1.29 is 23.5 Å². The number of carbonyl (C=O) groups is 3. The largest absolute Gasteiger partial charge is 0.497 e. The van der Waals surface area contributed by atoms with E-state index in [0.29, 0.717) is 25.1 Å². The lowest BCUT2D eigenvalue weighted by Crippen LogP contribution is -2.40. The van der Waals surface area contributed by atoms with Crippen LogP contribution in [0.25, 0.3) is 0 Å². The molecule has 1 fully saturated rings. The number of hydrogen-bond acceptors (Lipinski definition) is 4. The fourth-order valence-corrected chi connectivity index (χ4v) is 3.55. The molecule has 1 unspecified atom stereocenters. The van der Waals surface area contributed by atoms with Gasteiger partial charge >= 0.3 is 6.03 Å². The average Bonchev–Trinajstić information content (AvgIpc) is 2.98. The molecule has 7 nitrogen and oxygen atoms in total. The Labute approximate surface area is 180 Å². The highest BCUT2D eigenvalue weighted by Crippen LogP contribution is 2.24. The van der Waals surface area contributed by atoms with Crippen molar-refractivity contribution in [1.29, 1.82) is 0 Å². The van der Waals surface area contributed by atoms with E-state index in [1.54, 1.807) is 14.0 Å². The zero-order valence-electron chi connectivity index (χ0n) is 17.6. The van der Waals surface area contributed by atoms with Crippen molar-refractivity contribution in [3.05, 3.63) is 65.5 Å². The number of amides is 4. The molecule has 1 aliphatic rings. The normalized spacial score (nSPS) is 16.0. The molecule has 0 bridgehead atoms. The van der Waals surface area contributed by atoms with Crippen LogP contribution in [0.5, 0.6) is 5.75 Å². The Bertz CT molecular complexity index is 931. The van der Waals surface area contributed by atoms with E-state index in [-0.39, 0.29) is 18.9 Å². The molecule has 164 valence electrons. The first-order valence-corrected chi connectivity index (χ1v) is 10.2. The van der Waals surface area contributed by atoms with E-state index in [1.165, 1.54) is 29.2 Å². The Morgan fingerprint density at radius 3 is 2.32 bits per heavy atom. The first-order valence-electron chi connectivity index (χ1n) is 10.2. The van der Waals surface area contributed by atoms with Crippen LogP contribution in [0.1, 0.15) is 24.5 Å². The third kappa shape index (κ3) is 5.39. The zero-order chi connectivity index (χ0) is 22.4. The van der Waals surface area contributed by atoms with Gasteiger partial charge in [-0.25, -0.2) is 9.18 Å². The maximum absolute atomic E-state index is 13.2. The number of ether oxygens (including phenoxy) is 1. The summed E-state index contributed by atoms with van der Waals surface area (Å²) in [6, 6.07) is 11.8. The number of benzene rings is 2. The second-order valence-corrected chi connectivity index (χ2v) is 7.30. The molecule has 1 heterocycles. The molecule has 0 aliphatic carbocycles. The van der Waals surface area contributed by atoms with Gasteiger partial charge in [0.25, 0.3) is 5.91 Å². The Hall–Kier alpha value is -3.42. The van der Waals surface area contributed by atoms with Gasteiger partial charge in [-0.15, -0.1) is 0 Å². The van der Waals surface area contributed by atoms with E-state index in [1.807, 2.05) is 24.3 Å². The lowest BCUT2D eigenvalue weighted by atomic mass is 10.1. The topological polar surface area (TPSA) is 79.0 Å². The van der Waals surface area contributed by atoms with Gasteiger partial charge in [0.2, 0.25) is 5.91 Å². The average molecular weight is 427 g/mol. The Morgan fingerprint density at radius 2 is 1.71 bits per heavy atom. The lowest BCUT2D eigenvalue weighted by Gasteiger charge is -2.21. The summed E-state index contributed by atoms with van der Waals surface area (Å²) in [5, 5.41) is 2.68. The molecular weight excluding hydrogens is 401 g/mol. The number of nitrogens with zero attached hydrogens (tertiary/aromatic N) is 2. The van der Waals surface area contributed by atoms with E-state index in [9.17, 15) is 18.8 Å². The standard InChI is InChI=1S/C23H26FN3O4/c1-3-25-21(28)14-20-22(29)27(15-17-4-8-18(24)9-5-17)23(30)26(20)13-12-16-6-10-19(31-2)11-7-16/h4-11,20H,3,12-15H2,1-2H3,(H,25,28). The number of imide groups is 1. The zero-order valence-corrected chi connectivity index (χ0v) is 17.6. The highest BCUT2D eigenvalue weighted by molar-refractivity contribution is 6.05. The van der Waals surface area contributed by atoms with Crippen LogP contribution in [-0.2, 0) is 22.6 Å². The maximum Gasteiger partial charge on any atom is 0.327 e. The fourth-order valence-electron chi connectivity index (χ4n) is 3.55. The molecule has 0 radical (unpaired) electrons. The third-order valence-corrected chi connectivity index (χ3v) is 5.21. The Balaban J connectivity index is 1.76. The summed E-state index contributed by atoms with van der Waals surface area (Å²) < 4.78 is 18.4. The van der Waals surface area contributed by atoms with E-state index in [0.717, 1.165) is 16.2 Å². The van der Waals surface area contributed by atoms with Crippen molar-refractivity contribution in [2.24, 2.45) is 0 Å². The van der Waals surface area contributed by atoms with Gasteiger partial charge in [-0.05, 0) is 48.7 Å². The minimum atomic E-state index is -0.863. The van der Waals surface area contributed by atoms with Gasteiger partial charge in [-0.1, -0.05) is 24.3 Å². The molecule has 0 saturated carbocycles. The van der Waals surface area contributed by atoms with E-state index >= 15 is 0 Å². The van der Waals surface area contributed by atoms with Crippen LogP contribution in [0.3, 0.4) is 0 Å². The second kappa shape index (κ2) is 10.1. The number of hydrogen-bond donors (Lipinski definition) is 1. The van der Waals surface area contributed by atoms with Crippen molar-refractivity contribution in [3.8, 4) is 5.75 Å². The number of nitrogens with one attached hydrogen (secondary N) is 1. The molecule has 2 aromatic rings. The van der Waals surface area contributed by atoms with Crippen molar-refractivity contribution in [2.45, 2.75) is 32.4 Å². The van der Waals surface area contributed by atoms with E-state index in [4.69, 9.17) is 4.74 Å². The van der Waals surface area contributed by atoms with Gasteiger partial charge in [0, 0.05) is 13.1 Å². The molecule has 4 amide bonds. The monoisotopic (exact) mass is 427 g/mol. The fraction of sp³-hybridized carbons (Fsp3) is 0.348. The molecule has 3 rings (SSSR count). The molecule has 31 heavy (non-hydrogen) atoms. The SMILES string of the molecule is CCNC(=O)CC1C(=O)N(Cc2ccc(F)cc2)C(=O)N1CCc1ccc(OC)cc1. The predicted molar refractivity (Wildman–Crippen MR) is 113 cm³/mol. The van der Waals surface area contributed by atoms with Gasteiger partial charge in [0.05, 0.1) is 20.1 Å². The Morgan fingerprint density at radius 1 is 1.06 bits per heavy atom. The summed E-state index contributed by atoms with van der Waals surface area (Å²) in [7, 11) is 1.59. The first kappa shape index (κ1) is 22.3. The molecule has 1 atom stereocenters. The lowest BCUT2D eigenvalue weighted by molar-refractivity contribution is -0.132. The summed E-state index contributed by atoms with van der Waals surface area (Å²) >= 11 is 0. The minimum Gasteiger partial charge on any atom is -0.497 e. The van der Waals surface area contributed by atoms with Gasteiger partial charge in [-0.3, -0.25) is 14.5 Å². The molecule has 1 saturated heterocycles. The van der Waals surface area contributed by atoms with Crippen molar-refractivity contribution in [2.75, 3.05) is 20.2 Å². The second-order valence-electron chi connectivity index (χ2n) is 7.30. The van der Waals surface area contributed by atoms with Crippen LogP contribution < -0.4 is 10.1 Å². The molecule has 0 aromatic heterocycles. The molecule has 0 spiro atoms. The molecule has 8 heteroatoms. The third-order valence-electron chi connectivity index (χ3n) is 5.21. The summed E-state index contributed by atoms with van der Waals surface area (Å²) in [6.07, 6.45) is 0.431. The summed E-state index contributed by atoms with van der Waals surface area (Å²) in [6.45, 7) is 2.56. The summed E-state index contributed by atoms with van der Waals surface area (Å²) in [4.78, 5) is 40.8. The number of rotatable bonds is 9. The Kier molecular flexibility index (Phi) is 7.23. The highest BCUT2D eigenvalue weighted by Gasteiger charge is 2.45. The number of halogens is 1. The van der Waals surface area contributed by atoms with Crippen LogP contribution in [-0.4, -0.2) is 53.9 Å². The van der Waals surface area contributed by atoms with Gasteiger partial charge in [0.1, 0.15) is 17.6 Å². The van der Waals surface area contributed by atoms with Crippen molar-refractivity contribution >= 4 is 17.8 Å². The quantitative estimate of drug-likeness (QED) is 0.624. The summed E-state index contributed by atoms with van der Waals surface area (Å²) in [5.74, 6) is -0.365. The molecular formula is C23H26FN3O4. The molecule has 2 aromatic carbocycles. The predicted octanol–water partition coefficient (Wildman–Crippen LogP) is 2.74. The van der Waals surface area contributed by atoms with Crippen LogP contribution in [0.2, 0.25) is 0 Å². The van der Waals surface area contributed by atoms with Gasteiger partial charge in [-0.2, -0.15) is 0 Å². The number of methoxy groups -OCH3 is 1. The molecule has 1 N–H and O–H groups in total. The van der Waals surface area contributed by atoms with Crippen LogP contribution in [0.4, 0.5) is 9.18 Å². The van der Waals surface area contributed by atoms with Crippen LogP contribution >= 0.6 is 0 Å². The maximum atomic E-state index is 13.2. The smallest absolute Gasteiger partial charge is 0.327 e. The van der Waals surface area contributed by atoms with E-state index < -0.39 is 23.8 Å². The van der Waals surface area contributed by atoms with Crippen molar-refractivity contribution in [3.63, 3.8) is 0 Å².